The zero-order valence-electron chi connectivity index (χ0n) is 39.8. The number of benzene rings is 11. The predicted octanol–water partition coefficient (Wildman–Crippen LogP) is 19.4. The van der Waals surface area contributed by atoms with Gasteiger partial charge >= 0.3 is 0 Å². The minimum atomic E-state index is 0.443. The molecule has 0 atom stereocenters. The van der Waals surface area contributed by atoms with Crippen LogP contribution in [-0.4, -0.2) is 0 Å². The molecule has 0 fully saturated rings. The SMILES string of the molecule is Cc1ccc(N(c2ccc(C(C)C)cc2)c2ccc3c(-c4ccc5ccccc5c4)c4cc(N(c5ccc(C)cc5)c5ccc(C(C)C)cc5)ccc4c(-c4ccc5ccccc5c4)c3c2)cc1. The summed E-state index contributed by atoms with van der Waals surface area (Å²) in [5, 5.41) is 9.73. The van der Waals surface area contributed by atoms with Gasteiger partial charge in [-0.1, -0.05) is 172 Å². The zero-order chi connectivity index (χ0) is 46.5. The smallest absolute Gasteiger partial charge is 0.0468 e. The molecule has 11 aromatic carbocycles. The molecule has 0 radical (unpaired) electrons. The van der Waals surface area contributed by atoms with E-state index in [2.05, 4.69) is 270 Å². The number of hydrogen-bond donors (Lipinski definition) is 0. The maximum absolute atomic E-state index is 2.45. The van der Waals surface area contributed by atoms with Crippen LogP contribution in [0.2, 0.25) is 0 Å². The summed E-state index contributed by atoms with van der Waals surface area (Å²) in [5.41, 5.74) is 16.7. The fourth-order valence-corrected chi connectivity index (χ4v) is 10.1. The fourth-order valence-electron chi connectivity index (χ4n) is 10.1. The quantitative estimate of drug-likeness (QED) is 0.126. The van der Waals surface area contributed by atoms with Crippen molar-refractivity contribution in [2.24, 2.45) is 0 Å². The van der Waals surface area contributed by atoms with Crippen LogP contribution in [0.25, 0.3) is 65.3 Å². The van der Waals surface area contributed by atoms with Crippen LogP contribution in [-0.2, 0) is 0 Å². The largest absolute Gasteiger partial charge is 0.310 e. The maximum atomic E-state index is 2.45. The second-order valence-electron chi connectivity index (χ2n) is 19.2. The standard InChI is InChI=1S/C66H56N2/c1-43(2)47-23-31-57(32-24-47)67(55-27-15-45(5)16-28-55)59-35-37-61-63(41-59)65(53-21-19-49-11-7-9-13-51(49)39-53)62-38-36-60(42-64(62)66(61)54-22-20-50-12-8-10-14-52(50)40-54)68(56-29-17-46(6)18-30-56)58-33-25-48(26-34-58)44(3)4/h7-44H,1-6H3. The molecule has 0 saturated carbocycles. The van der Waals surface area contributed by atoms with Gasteiger partial charge < -0.3 is 9.80 Å². The van der Waals surface area contributed by atoms with Crippen molar-refractivity contribution in [3.63, 3.8) is 0 Å². The lowest BCUT2D eigenvalue weighted by molar-refractivity contribution is 0.866. The van der Waals surface area contributed by atoms with E-state index >= 15 is 0 Å². The number of aryl methyl sites for hydroxylation is 2. The van der Waals surface area contributed by atoms with E-state index in [1.165, 1.54) is 87.6 Å². The molecule has 0 bridgehead atoms. The molecule has 0 N–H and O–H groups in total. The lowest BCUT2D eigenvalue weighted by Gasteiger charge is -2.28. The third-order valence-corrected chi connectivity index (χ3v) is 13.9. The summed E-state index contributed by atoms with van der Waals surface area (Å²) in [7, 11) is 0. The number of hydrogen-bond acceptors (Lipinski definition) is 2. The van der Waals surface area contributed by atoms with E-state index in [9.17, 15) is 0 Å². The van der Waals surface area contributed by atoms with E-state index in [0.717, 1.165) is 34.1 Å². The lowest BCUT2D eigenvalue weighted by Crippen LogP contribution is -2.11. The molecule has 0 aliphatic carbocycles. The summed E-state index contributed by atoms with van der Waals surface area (Å²) < 4.78 is 0. The Morgan fingerprint density at radius 2 is 0.603 bits per heavy atom. The van der Waals surface area contributed by atoms with Crippen LogP contribution >= 0.6 is 0 Å². The summed E-state index contributed by atoms with van der Waals surface area (Å²) in [6, 6.07) is 81.9. The molecular weight excluding hydrogens is 821 g/mol. The van der Waals surface area contributed by atoms with Crippen molar-refractivity contribution in [3.05, 3.63) is 241 Å². The number of nitrogens with zero attached hydrogens (tertiary/aromatic N) is 2. The Kier molecular flexibility index (Phi) is 11.1. The Labute approximate surface area is 401 Å². The fraction of sp³-hybridized carbons (Fsp3) is 0.121. The molecule has 0 heterocycles. The molecule has 330 valence electrons. The van der Waals surface area contributed by atoms with Crippen molar-refractivity contribution in [2.45, 2.75) is 53.4 Å². The molecular formula is C66H56N2. The molecule has 0 saturated heterocycles. The molecule has 11 aromatic rings. The second kappa shape index (κ2) is 17.7. The third kappa shape index (κ3) is 7.96. The highest BCUT2D eigenvalue weighted by molar-refractivity contribution is 6.23. The van der Waals surface area contributed by atoms with Gasteiger partial charge in [-0.2, -0.15) is 0 Å². The summed E-state index contributed by atoms with van der Waals surface area (Å²) in [4.78, 5) is 4.83. The summed E-state index contributed by atoms with van der Waals surface area (Å²) in [6.45, 7) is 13.4. The molecule has 0 spiro atoms. The maximum Gasteiger partial charge on any atom is 0.0468 e. The first-order valence-corrected chi connectivity index (χ1v) is 24.1. The highest BCUT2D eigenvalue weighted by Gasteiger charge is 2.23. The van der Waals surface area contributed by atoms with Gasteiger partial charge in [-0.05, 0) is 187 Å². The Morgan fingerprint density at radius 1 is 0.279 bits per heavy atom. The van der Waals surface area contributed by atoms with Crippen molar-refractivity contribution < 1.29 is 0 Å². The first kappa shape index (κ1) is 42.7. The van der Waals surface area contributed by atoms with E-state index < -0.39 is 0 Å². The highest BCUT2D eigenvalue weighted by atomic mass is 15.1. The third-order valence-electron chi connectivity index (χ3n) is 13.9. The Hall–Kier alpha value is -7.94. The summed E-state index contributed by atoms with van der Waals surface area (Å²) in [6.07, 6.45) is 0. The Balaban J connectivity index is 1.24. The van der Waals surface area contributed by atoms with Crippen molar-refractivity contribution in [1.82, 2.24) is 0 Å². The van der Waals surface area contributed by atoms with Gasteiger partial charge in [0.2, 0.25) is 0 Å². The van der Waals surface area contributed by atoms with Gasteiger partial charge in [0.25, 0.3) is 0 Å². The van der Waals surface area contributed by atoms with E-state index in [1.807, 2.05) is 0 Å². The van der Waals surface area contributed by atoms with E-state index in [4.69, 9.17) is 0 Å². The number of fused-ring (bicyclic) bond motifs is 4. The van der Waals surface area contributed by atoms with E-state index in [-0.39, 0.29) is 0 Å². The Morgan fingerprint density at radius 3 is 0.956 bits per heavy atom. The Bertz CT molecular complexity index is 3380. The minimum absolute atomic E-state index is 0.443. The van der Waals surface area contributed by atoms with Crippen molar-refractivity contribution in [1.29, 1.82) is 0 Å². The van der Waals surface area contributed by atoms with Crippen LogP contribution in [0.4, 0.5) is 34.1 Å². The molecule has 11 rings (SSSR count). The van der Waals surface area contributed by atoms with Crippen LogP contribution in [0, 0.1) is 13.8 Å². The van der Waals surface area contributed by atoms with E-state index in [0.29, 0.717) is 11.8 Å². The number of rotatable bonds is 10. The van der Waals surface area contributed by atoms with Crippen LogP contribution in [0.5, 0.6) is 0 Å². The molecule has 0 unspecified atom stereocenters. The van der Waals surface area contributed by atoms with Gasteiger partial charge in [0.15, 0.2) is 0 Å². The van der Waals surface area contributed by atoms with Gasteiger partial charge in [0.05, 0.1) is 0 Å². The molecule has 68 heavy (non-hydrogen) atoms. The normalized spacial score (nSPS) is 11.6. The average molecular weight is 877 g/mol. The van der Waals surface area contributed by atoms with Crippen molar-refractivity contribution in [2.75, 3.05) is 9.80 Å². The minimum Gasteiger partial charge on any atom is -0.310 e. The molecule has 2 heteroatoms. The van der Waals surface area contributed by atoms with Crippen molar-refractivity contribution >= 4 is 77.2 Å². The summed E-state index contributed by atoms with van der Waals surface area (Å²) in [5.74, 6) is 0.887. The predicted molar refractivity (Wildman–Crippen MR) is 294 cm³/mol. The van der Waals surface area contributed by atoms with E-state index in [1.54, 1.807) is 0 Å². The number of anilines is 6. The summed E-state index contributed by atoms with van der Waals surface area (Å²) >= 11 is 0. The van der Waals surface area contributed by atoms with Gasteiger partial charge in [0.1, 0.15) is 0 Å². The lowest BCUT2D eigenvalue weighted by atomic mass is 9.84. The van der Waals surface area contributed by atoms with Gasteiger partial charge in [-0.15, -0.1) is 0 Å². The first-order valence-electron chi connectivity index (χ1n) is 24.1. The topological polar surface area (TPSA) is 6.48 Å². The molecule has 0 aliphatic heterocycles. The van der Waals surface area contributed by atoms with Gasteiger partial charge in [0, 0.05) is 34.1 Å². The van der Waals surface area contributed by atoms with Crippen LogP contribution in [0.15, 0.2) is 218 Å². The molecule has 0 aliphatic rings. The first-order chi connectivity index (χ1) is 33.2. The zero-order valence-corrected chi connectivity index (χ0v) is 39.8. The van der Waals surface area contributed by atoms with Gasteiger partial charge in [-0.25, -0.2) is 0 Å². The molecule has 0 aromatic heterocycles. The molecule has 2 nitrogen and oxygen atoms in total. The highest BCUT2D eigenvalue weighted by Crippen LogP contribution is 2.49. The monoisotopic (exact) mass is 876 g/mol. The second-order valence-corrected chi connectivity index (χ2v) is 19.2. The van der Waals surface area contributed by atoms with Crippen LogP contribution in [0.3, 0.4) is 0 Å². The molecule has 0 amide bonds. The van der Waals surface area contributed by atoms with Gasteiger partial charge in [-0.3, -0.25) is 0 Å². The van der Waals surface area contributed by atoms with Crippen LogP contribution < -0.4 is 9.80 Å². The van der Waals surface area contributed by atoms with Crippen molar-refractivity contribution in [3.8, 4) is 22.3 Å². The average Bonchev–Trinajstić information content (AvgIpc) is 3.37. The van der Waals surface area contributed by atoms with Crippen LogP contribution in [0.1, 0.15) is 61.8 Å².